The number of benzene rings is 4. The van der Waals surface area contributed by atoms with Gasteiger partial charge in [0.05, 0.1) is 28.4 Å². The van der Waals surface area contributed by atoms with Crippen molar-refractivity contribution in [3.05, 3.63) is 151 Å². The molecule has 6 rings (SSSR count). The molecule has 2 atom stereocenters. The molecule has 0 aliphatic heterocycles. The van der Waals surface area contributed by atoms with Crippen molar-refractivity contribution < 1.29 is 36.0 Å². The number of allylic oxidation sites excluding steroid dienone is 4. The van der Waals surface area contributed by atoms with Crippen LogP contribution in [0.2, 0.25) is 0 Å². The van der Waals surface area contributed by atoms with Crippen LogP contribution in [0.3, 0.4) is 0 Å². The normalized spacial score (nSPS) is 15.7. The first kappa shape index (κ1) is 50.0. The van der Waals surface area contributed by atoms with Gasteiger partial charge < -0.3 is 30.4 Å². The summed E-state index contributed by atoms with van der Waals surface area (Å²) in [6, 6.07) is 18.2. The minimum atomic E-state index is -0.751. The molecular formula is C52H66FeN2O4P2. The van der Waals surface area contributed by atoms with Gasteiger partial charge in [-0.3, -0.25) is 0 Å². The summed E-state index contributed by atoms with van der Waals surface area (Å²) in [5, 5.41) is 8.04. The predicted molar refractivity (Wildman–Crippen MR) is 261 cm³/mol. The number of rotatable bonds is 14. The maximum atomic E-state index is 8.27. The largest absolute Gasteiger partial charge is 2.00 e. The summed E-state index contributed by atoms with van der Waals surface area (Å²) in [5.41, 5.74) is 28.6. The molecule has 0 radical (unpaired) electrons. The first-order valence-electron chi connectivity index (χ1n) is 21.0. The van der Waals surface area contributed by atoms with Gasteiger partial charge in [0.2, 0.25) is 0 Å². The molecule has 0 spiro atoms. The summed E-state index contributed by atoms with van der Waals surface area (Å²) in [7, 11) is 5.45. The summed E-state index contributed by atoms with van der Waals surface area (Å²) < 4.78 is 22.5. The van der Waals surface area contributed by atoms with E-state index in [-0.39, 0.29) is 28.9 Å². The van der Waals surface area contributed by atoms with Crippen LogP contribution in [0.4, 0.5) is 0 Å². The molecule has 326 valence electrons. The molecule has 0 fully saturated rings. The van der Waals surface area contributed by atoms with Crippen LogP contribution in [0.5, 0.6) is 23.0 Å². The second kappa shape index (κ2) is 22.1. The fraction of sp³-hybridized carbons (Fsp3) is 0.385. The van der Waals surface area contributed by atoms with Crippen molar-refractivity contribution in [3.8, 4) is 23.0 Å². The SMILES string of the molecule is CCC1=CC=C(P(c2cc(C)c(OC)c(C)c2)c2cc(C)c(OC)c(C)c2)C1C[NH-].CCC1=CC=C(P(c2cc(C)c(OC)c(C)c2)c2cc(C)c(OC)c(C)c2)C1C[NH-].[Fe+2]. The zero-order valence-corrected chi connectivity index (χ0v) is 41.7. The van der Waals surface area contributed by atoms with E-state index in [1.54, 1.807) is 28.4 Å². The van der Waals surface area contributed by atoms with E-state index in [4.69, 9.17) is 30.4 Å². The van der Waals surface area contributed by atoms with Crippen molar-refractivity contribution in [1.29, 1.82) is 0 Å². The fourth-order valence-electron chi connectivity index (χ4n) is 9.30. The van der Waals surface area contributed by atoms with Crippen molar-refractivity contribution in [2.75, 3.05) is 41.5 Å². The fourth-order valence-corrected chi connectivity index (χ4v) is 15.3. The molecule has 2 N–H and O–H groups in total. The standard InChI is InChI=1S/2C26H33NO2P.Fe/c2*1-8-20-9-10-24(23(20)15-27)30(21-11-16(2)25(28-6)17(3)12-21)22-13-18(4)26(29-7)19(5)14-22;/h2*9-14,23,27H,8,15H2,1-7H3;/q2*-1;+2. The van der Waals surface area contributed by atoms with E-state index in [0.717, 1.165) is 80.3 Å². The maximum absolute atomic E-state index is 8.27. The summed E-state index contributed by atoms with van der Waals surface area (Å²) in [5.74, 6) is 4.24. The maximum Gasteiger partial charge on any atom is 2.00 e. The molecule has 0 saturated heterocycles. The quantitative estimate of drug-likeness (QED) is 0.0932. The Morgan fingerprint density at radius 1 is 0.410 bits per heavy atom. The summed E-state index contributed by atoms with van der Waals surface area (Å²) in [4.78, 5) is 0. The van der Waals surface area contributed by atoms with Crippen molar-refractivity contribution in [2.24, 2.45) is 11.8 Å². The Kier molecular flexibility index (Phi) is 18.1. The Hall–Kier alpha value is -3.66. The van der Waals surface area contributed by atoms with Crippen LogP contribution >= 0.6 is 15.8 Å². The number of nitrogens with one attached hydrogen (secondary N) is 2. The van der Waals surface area contributed by atoms with Gasteiger partial charge in [-0.1, -0.05) is 49.3 Å². The molecule has 4 aromatic carbocycles. The van der Waals surface area contributed by atoms with Gasteiger partial charge in [0.15, 0.2) is 0 Å². The summed E-state index contributed by atoms with van der Waals surface area (Å²) in [6.45, 7) is 22.1. The van der Waals surface area contributed by atoms with Crippen LogP contribution in [0, 0.1) is 67.2 Å². The van der Waals surface area contributed by atoms with Gasteiger partial charge in [-0.25, -0.2) is 0 Å². The van der Waals surface area contributed by atoms with Gasteiger partial charge in [-0.15, -0.1) is 13.1 Å². The van der Waals surface area contributed by atoms with Gasteiger partial charge in [-0.2, -0.15) is 0 Å². The molecule has 2 unspecified atom stereocenters. The topological polar surface area (TPSA) is 84.5 Å². The third-order valence-electron chi connectivity index (χ3n) is 11.9. The average Bonchev–Trinajstić information content (AvgIpc) is 3.81. The second-order valence-corrected chi connectivity index (χ2v) is 20.4. The molecule has 0 aromatic heterocycles. The number of hydrogen-bond acceptors (Lipinski definition) is 4. The van der Waals surface area contributed by atoms with Gasteiger partial charge in [-0.05, 0) is 221 Å². The Bertz CT molecular complexity index is 1970. The van der Waals surface area contributed by atoms with E-state index in [2.05, 4.69) is 142 Å². The van der Waals surface area contributed by atoms with E-state index in [1.807, 2.05) is 0 Å². The van der Waals surface area contributed by atoms with Gasteiger partial charge >= 0.3 is 17.1 Å². The van der Waals surface area contributed by atoms with Crippen LogP contribution in [0.1, 0.15) is 71.2 Å². The molecule has 9 heteroatoms. The number of hydrogen-bond donors (Lipinski definition) is 0. The first-order valence-corrected chi connectivity index (χ1v) is 23.7. The molecular weight excluding hydrogens is 834 g/mol. The third kappa shape index (κ3) is 10.4. The molecule has 0 heterocycles. The van der Waals surface area contributed by atoms with Gasteiger partial charge in [0.25, 0.3) is 0 Å². The van der Waals surface area contributed by atoms with Crippen molar-refractivity contribution in [1.82, 2.24) is 0 Å². The second-order valence-electron chi connectivity index (χ2n) is 16.0. The minimum absolute atomic E-state index is 0. The zero-order valence-electron chi connectivity index (χ0n) is 38.8. The predicted octanol–water partition coefficient (Wildman–Crippen LogP) is 12.5. The number of methoxy groups -OCH3 is 4. The molecule has 2 aliphatic carbocycles. The number of ether oxygens (including phenoxy) is 4. The van der Waals surface area contributed by atoms with Crippen molar-refractivity contribution >= 4 is 37.1 Å². The Labute approximate surface area is 380 Å². The van der Waals surface area contributed by atoms with E-state index in [0.29, 0.717) is 13.1 Å². The summed E-state index contributed by atoms with van der Waals surface area (Å²) >= 11 is 0. The Balaban J connectivity index is 0.000000264. The van der Waals surface area contributed by atoms with Crippen LogP contribution in [0.25, 0.3) is 11.5 Å². The third-order valence-corrected chi connectivity index (χ3v) is 17.0. The average molecular weight is 901 g/mol. The molecule has 0 bridgehead atoms. The van der Waals surface area contributed by atoms with Gasteiger partial charge in [0.1, 0.15) is 23.0 Å². The van der Waals surface area contributed by atoms with E-state index < -0.39 is 15.8 Å². The van der Waals surface area contributed by atoms with E-state index in [9.17, 15) is 0 Å². The van der Waals surface area contributed by atoms with Crippen LogP contribution < -0.4 is 40.2 Å². The van der Waals surface area contributed by atoms with Crippen molar-refractivity contribution in [3.63, 3.8) is 0 Å². The molecule has 4 aromatic rings. The monoisotopic (exact) mass is 900 g/mol. The Morgan fingerprint density at radius 2 is 0.623 bits per heavy atom. The van der Waals surface area contributed by atoms with E-state index >= 15 is 0 Å². The Morgan fingerprint density at radius 3 is 0.787 bits per heavy atom. The smallest absolute Gasteiger partial charge is 0.677 e. The molecule has 6 nitrogen and oxygen atoms in total. The van der Waals surface area contributed by atoms with Crippen molar-refractivity contribution in [2.45, 2.75) is 82.1 Å². The number of aryl methyl sites for hydroxylation is 8. The molecule has 0 amide bonds. The molecule has 2 aliphatic rings. The molecule has 61 heavy (non-hydrogen) atoms. The minimum Gasteiger partial charge on any atom is -0.677 e. The van der Waals surface area contributed by atoms with Gasteiger partial charge in [0, 0.05) is 0 Å². The van der Waals surface area contributed by atoms with Crippen LogP contribution in [0.15, 0.2) is 94.6 Å². The van der Waals surface area contributed by atoms with Crippen LogP contribution in [-0.4, -0.2) is 41.5 Å². The molecule has 0 saturated carbocycles. The van der Waals surface area contributed by atoms with E-state index in [1.165, 1.54) is 43.0 Å². The van der Waals surface area contributed by atoms with Crippen LogP contribution in [-0.2, 0) is 17.1 Å². The summed E-state index contributed by atoms with van der Waals surface area (Å²) in [6.07, 6.45) is 11.1. The zero-order chi connectivity index (χ0) is 44.0. The first-order chi connectivity index (χ1) is 28.7.